The molecule has 1 aromatic carbocycles. The summed E-state index contributed by atoms with van der Waals surface area (Å²) in [5, 5.41) is 13.4. The highest BCUT2D eigenvalue weighted by atomic mass is 32.1. The number of nitrogens with zero attached hydrogens (tertiary/aromatic N) is 2. The number of rotatable bonds is 5. The van der Waals surface area contributed by atoms with E-state index in [1.54, 1.807) is 13.3 Å². The molecule has 2 atom stereocenters. The molecule has 120 valence electrons. The van der Waals surface area contributed by atoms with Crippen molar-refractivity contribution in [2.45, 2.75) is 12.1 Å². The number of ether oxygens (including phenoxy) is 1. The van der Waals surface area contributed by atoms with Crippen molar-refractivity contribution in [1.29, 1.82) is 0 Å². The van der Waals surface area contributed by atoms with Gasteiger partial charge in [0.05, 0.1) is 31.5 Å². The molecule has 0 aliphatic carbocycles. The van der Waals surface area contributed by atoms with Crippen molar-refractivity contribution in [2.75, 3.05) is 20.3 Å². The highest BCUT2D eigenvalue weighted by molar-refractivity contribution is 7.80. The number of aromatic nitrogens is 1. The molecule has 0 amide bonds. The zero-order chi connectivity index (χ0) is 16.2. The second-order valence-corrected chi connectivity index (χ2v) is 5.70. The first kappa shape index (κ1) is 15.7. The Labute approximate surface area is 140 Å². The van der Waals surface area contributed by atoms with E-state index in [1.807, 2.05) is 47.4 Å². The van der Waals surface area contributed by atoms with Crippen molar-refractivity contribution >= 4 is 17.3 Å². The zero-order valence-corrected chi connectivity index (χ0v) is 13.7. The molecule has 2 aromatic rings. The van der Waals surface area contributed by atoms with Gasteiger partial charge in [-0.15, -0.1) is 0 Å². The van der Waals surface area contributed by atoms with Crippen LogP contribution < -0.4 is 10.1 Å². The van der Waals surface area contributed by atoms with E-state index in [-0.39, 0.29) is 18.7 Å². The van der Waals surface area contributed by atoms with Gasteiger partial charge in [0.25, 0.3) is 0 Å². The van der Waals surface area contributed by atoms with Gasteiger partial charge in [0.2, 0.25) is 0 Å². The van der Waals surface area contributed by atoms with Gasteiger partial charge in [-0.05, 0) is 42.0 Å². The number of aliphatic hydroxyl groups is 1. The van der Waals surface area contributed by atoms with E-state index in [0.29, 0.717) is 11.7 Å². The fourth-order valence-corrected chi connectivity index (χ4v) is 3.25. The first-order valence-electron chi connectivity index (χ1n) is 7.47. The van der Waals surface area contributed by atoms with E-state index < -0.39 is 0 Å². The van der Waals surface area contributed by atoms with Gasteiger partial charge in [0.15, 0.2) is 5.11 Å². The van der Waals surface area contributed by atoms with Gasteiger partial charge in [-0.3, -0.25) is 4.98 Å². The number of thiocarbonyl (C=S) groups is 1. The Balaban J connectivity index is 1.99. The van der Waals surface area contributed by atoms with Gasteiger partial charge in [0.1, 0.15) is 5.75 Å². The fourth-order valence-electron chi connectivity index (χ4n) is 2.92. The lowest BCUT2D eigenvalue weighted by Crippen LogP contribution is -2.32. The highest BCUT2D eigenvalue weighted by Crippen LogP contribution is 2.38. The number of β-amino-alcohol motifs (C(OH)–C–C–N with tert-alkyl or cyclic N) is 1. The van der Waals surface area contributed by atoms with Crippen LogP contribution in [0.15, 0.2) is 48.7 Å². The van der Waals surface area contributed by atoms with E-state index >= 15 is 0 Å². The minimum absolute atomic E-state index is 0.0181. The number of hydrogen-bond donors (Lipinski definition) is 2. The van der Waals surface area contributed by atoms with Crippen LogP contribution in [0, 0.1) is 0 Å². The normalized spacial score (nSPS) is 20.4. The van der Waals surface area contributed by atoms with Crippen molar-refractivity contribution in [3.63, 3.8) is 0 Å². The summed E-state index contributed by atoms with van der Waals surface area (Å²) in [5.74, 6) is 0.811. The molecular formula is C17H19N3O2S. The number of pyridine rings is 1. The van der Waals surface area contributed by atoms with Crippen molar-refractivity contribution in [2.24, 2.45) is 0 Å². The lowest BCUT2D eigenvalue weighted by atomic mass is 9.97. The molecule has 0 bridgehead atoms. The molecule has 1 aliphatic rings. The molecular weight excluding hydrogens is 310 g/mol. The summed E-state index contributed by atoms with van der Waals surface area (Å²) >= 11 is 5.46. The van der Waals surface area contributed by atoms with Crippen molar-refractivity contribution in [3.8, 4) is 5.75 Å². The van der Waals surface area contributed by atoms with Gasteiger partial charge in [0, 0.05) is 12.7 Å². The predicted octanol–water partition coefficient (Wildman–Crippen LogP) is 2.05. The van der Waals surface area contributed by atoms with E-state index in [4.69, 9.17) is 17.0 Å². The van der Waals surface area contributed by atoms with Crippen molar-refractivity contribution in [1.82, 2.24) is 15.2 Å². The van der Waals surface area contributed by atoms with Crippen LogP contribution in [0.4, 0.5) is 0 Å². The third-order valence-electron chi connectivity index (χ3n) is 4.00. The van der Waals surface area contributed by atoms with E-state index in [0.717, 1.165) is 17.0 Å². The van der Waals surface area contributed by atoms with Crippen LogP contribution in [-0.4, -0.2) is 40.4 Å². The molecule has 0 saturated carbocycles. The molecule has 0 radical (unpaired) electrons. The monoisotopic (exact) mass is 329 g/mol. The molecule has 2 N–H and O–H groups in total. The van der Waals surface area contributed by atoms with E-state index in [1.165, 1.54) is 0 Å². The molecule has 1 aromatic heterocycles. The van der Waals surface area contributed by atoms with Gasteiger partial charge < -0.3 is 20.1 Å². The molecule has 0 spiro atoms. The Bertz CT molecular complexity index is 663. The average Bonchev–Trinajstić information content (AvgIpc) is 2.93. The van der Waals surface area contributed by atoms with Crippen LogP contribution >= 0.6 is 12.2 Å². The first-order chi connectivity index (χ1) is 11.2. The lowest BCUT2D eigenvalue weighted by molar-refractivity contribution is 0.223. The van der Waals surface area contributed by atoms with E-state index in [2.05, 4.69) is 10.3 Å². The SMILES string of the molecule is COc1ccc([C@@H]2[C@@H](c3ccccn3)NC(=S)N2CCO)cc1. The average molecular weight is 329 g/mol. The van der Waals surface area contributed by atoms with Gasteiger partial charge >= 0.3 is 0 Å². The summed E-state index contributed by atoms with van der Waals surface area (Å²) in [7, 11) is 1.65. The molecule has 0 unspecified atom stereocenters. The standard InChI is InChI=1S/C17H19N3O2S/c1-22-13-7-5-12(6-8-13)16-15(14-4-2-3-9-18-14)19-17(23)20(16)10-11-21/h2-9,15-16,21H,10-11H2,1H3,(H,19,23)/t15-,16-/m1/s1. The maximum atomic E-state index is 9.38. The first-order valence-corrected chi connectivity index (χ1v) is 7.88. The quantitative estimate of drug-likeness (QED) is 0.819. The molecule has 6 heteroatoms. The largest absolute Gasteiger partial charge is 0.497 e. The van der Waals surface area contributed by atoms with Crippen LogP contribution in [0.5, 0.6) is 5.75 Å². The molecule has 2 heterocycles. The maximum Gasteiger partial charge on any atom is 0.170 e. The minimum Gasteiger partial charge on any atom is -0.497 e. The Morgan fingerprint density at radius 2 is 2.04 bits per heavy atom. The molecule has 23 heavy (non-hydrogen) atoms. The Kier molecular flexibility index (Phi) is 4.73. The minimum atomic E-state index is -0.0522. The van der Waals surface area contributed by atoms with Crippen LogP contribution in [0.25, 0.3) is 0 Å². The summed E-state index contributed by atoms with van der Waals surface area (Å²) < 4.78 is 5.23. The van der Waals surface area contributed by atoms with Gasteiger partial charge in [-0.25, -0.2) is 0 Å². The highest BCUT2D eigenvalue weighted by Gasteiger charge is 2.39. The number of benzene rings is 1. The summed E-state index contributed by atoms with van der Waals surface area (Å²) in [4.78, 5) is 6.47. The Hall–Kier alpha value is -2.18. The maximum absolute atomic E-state index is 9.38. The summed E-state index contributed by atoms with van der Waals surface area (Å²) in [5.41, 5.74) is 2.03. The molecule has 5 nitrogen and oxygen atoms in total. The van der Waals surface area contributed by atoms with Gasteiger partial charge in [-0.1, -0.05) is 18.2 Å². The fraction of sp³-hybridized carbons (Fsp3) is 0.294. The second-order valence-electron chi connectivity index (χ2n) is 5.32. The predicted molar refractivity (Wildman–Crippen MR) is 92.2 cm³/mol. The van der Waals surface area contributed by atoms with Crippen LogP contribution in [0.3, 0.4) is 0 Å². The Morgan fingerprint density at radius 3 is 2.65 bits per heavy atom. The van der Waals surface area contributed by atoms with Crippen LogP contribution in [0.1, 0.15) is 23.3 Å². The second kappa shape index (κ2) is 6.93. The smallest absolute Gasteiger partial charge is 0.170 e. The summed E-state index contributed by atoms with van der Waals surface area (Å²) in [6, 6.07) is 13.7. The van der Waals surface area contributed by atoms with Gasteiger partial charge in [-0.2, -0.15) is 0 Å². The lowest BCUT2D eigenvalue weighted by Gasteiger charge is -2.27. The summed E-state index contributed by atoms with van der Waals surface area (Å²) in [6.07, 6.45) is 1.78. The molecule has 1 fully saturated rings. The summed E-state index contributed by atoms with van der Waals surface area (Å²) in [6.45, 7) is 0.523. The Morgan fingerprint density at radius 1 is 1.26 bits per heavy atom. The van der Waals surface area contributed by atoms with E-state index in [9.17, 15) is 5.11 Å². The van der Waals surface area contributed by atoms with Crippen LogP contribution in [0.2, 0.25) is 0 Å². The van der Waals surface area contributed by atoms with Crippen molar-refractivity contribution in [3.05, 3.63) is 59.9 Å². The van der Waals surface area contributed by atoms with Crippen molar-refractivity contribution < 1.29 is 9.84 Å². The number of methoxy groups -OCH3 is 1. The third-order valence-corrected chi connectivity index (χ3v) is 4.35. The number of aliphatic hydroxyl groups excluding tert-OH is 1. The third kappa shape index (κ3) is 3.13. The topological polar surface area (TPSA) is 57.6 Å². The van der Waals surface area contributed by atoms with Crippen LogP contribution in [-0.2, 0) is 0 Å². The zero-order valence-electron chi connectivity index (χ0n) is 12.8. The molecule has 1 saturated heterocycles. The molecule has 1 aliphatic heterocycles. The number of nitrogens with one attached hydrogen (secondary N) is 1. The molecule has 3 rings (SSSR count). The number of hydrogen-bond acceptors (Lipinski definition) is 4.